The number of hydrogen-bond acceptors (Lipinski definition) is 4. The van der Waals surface area contributed by atoms with Crippen LogP contribution in [0.2, 0.25) is 0 Å². The second-order valence-electron chi connectivity index (χ2n) is 8.62. The highest BCUT2D eigenvalue weighted by Crippen LogP contribution is 2.36. The van der Waals surface area contributed by atoms with E-state index < -0.39 is 0 Å². The molecule has 4 aromatic rings. The van der Waals surface area contributed by atoms with Crippen molar-refractivity contribution in [3.05, 3.63) is 94.9 Å². The first kappa shape index (κ1) is 21.0. The Morgan fingerprint density at radius 2 is 1.97 bits per heavy atom. The van der Waals surface area contributed by atoms with Gasteiger partial charge in [0.2, 0.25) is 0 Å². The molecule has 0 saturated carbocycles. The molecule has 0 amide bonds. The van der Waals surface area contributed by atoms with Gasteiger partial charge in [0, 0.05) is 59.9 Å². The lowest BCUT2D eigenvalue weighted by Crippen LogP contribution is -2.28. The van der Waals surface area contributed by atoms with Gasteiger partial charge in [-0.05, 0) is 55.2 Å². The Labute approximate surface area is 194 Å². The summed E-state index contributed by atoms with van der Waals surface area (Å²) in [5.74, 6) is 0. The molecule has 0 saturated heterocycles. The van der Waals surface area contributed by atoms with Gasteiger partial charge in [-0.2, -0.15) is 5.26 Å². The number of nitriles is 1. The first-order chi connectivity index (χ1) is 16.1. The molecule has 0 fully saturated rings. The van der Waals surface area contributed by atoms with Crippen molar-refractivity contribution >= 4 is 27.9 Å². The van der Waals surface area contributed by atoms with Crippen LogP contribution in [0.15, 0.2) is 67.0 Å². The third-order valence-electron chi connectivity index (χ3n) is 6.52. The summed E-state index contributed by atoms with van der Waals surface area (Å²) in [7, 11) is 0. The third kappa shape index (κ3) is 4.13. The summed E-state index contributed by atoms with van der Waals surface area (Å²) in [5.41, 5.74) is 9.28. The predicted molar refractivity (Wildman–Crippen MR) is 134 cm³/mol. The maximum absolute atomic E-state index is 9.86. The van der Waals surface area contributed by atoms with E-state index in [1.165, 1.54) is 16.5 Å². The van der Waals surface area contributed by atoms with E-state index in [4.69, 9.17) is 0 Å². The molecule has 2 N–H and O–H groups in total. The minimum Gasteiger partial charge on any atom is -0.361 e. The quantitative estimate of drug-likeness (QED) is 0.400. The number of fused-ring (bicyclic) bond motifs is 1. The highest BCUT2D eigenvalue weighted by Gasteiger charge is 2.21. The molecule has 5 rings (SSSR count). The molecule has 1 aliphatic rings. The first-order valence-corrected chi connectivity index (χ1v) is 11.3. The number of benzene rings is 2. The van der Waals surface area contributed by atoms with Gasteiger partial charge in [0.25, 0.3) is 0 Å². The SMILES string of the molecule is Cc1ncc(C#N)c(Nc2ccc3[nH]ccc3c2C)c1C1=CCN(Cc2ccccc2)CC1. The van der Waals surface area contributed by atoms with Crippen LogP contribution in [0.1, 0.15) is 34.4 Å². The average molecular weight is 434 g/mol. The van der Waals surface area contributed by atoms with E-state index in [9.17, 15) is 5.26 Å². The summed E-state index contributed by atoms with van der Waals surface area (Å²) in [5, 5.41) is 14.6. The Balaban J connectivity index is 1.48. The van der Waals surface area contributed by atoms with Crippen LogP contribution in [-0.4, -0.2) is 28.0 Å². The largest absolute Gasteiger partial charge is 0.361 e. The molecule has 33 heavy (non-hydrogen) atoms. The summed E-state index contributed by atoms with van der Waals surface area (Å²) < 4.78 is 0. The predicted octanol–water partition coefficient (Wildman–Crippen LogP) is 6.08. The number of nitrogens with zero attached hydrogens (tertiary/aromatic N) is 3. The van der Waals surface area contributed by atoms with E-state index in [1.54, 1.807) is 6.20 Å². The Morgan fingerprint density at radius 3 is 2.73 bits per heavy atom. The number of hydrogen-bond donors (Lipinski definition) is 2. The van der Waals surface area contributed by atoms with Gasteiger partial charge in [-0.1, -0.05) is 36.4 Å². The first-order valence-electron chi connectivity index (χ1n) is 11.3. The Kier molecular flexibility index (Phi) is 5.68. The van der Waals surface area contributed by atoms with Crippen LogP contribution >= 0.6 is 0 Å². The fourth-order valence-electron chi connectivity index (χ4n) is 4.69. The molecule has 5 nitrogen and oxygen atoms in total. The van der Waals surface area contributed by atoms with Crippen LogP contribution in [0, 0.1) is 25.2 Å². The van der Waals surface area contributed by atoms with Gasteiger partial charge in [-0.3, -0.25) is 9.88 Å². The molecule has 0 radical (unpaired) electrons. The second-order valence-corrected chi connectivity index (χ2v) is 8.62. The number of aromatic nitrogens is 2. The summed E-state index contributed by atoms with van der Waals surface area (Å²) >= 11 is 0. The molecule has 164 valence electrons. The Hall–Kier alpha value is -3.88. The number of nitrogens with one attached hydrogen (secondary N) is 2. The normalized spacial score (nSPS) is 14.2. The van der Waals surface area contributed by atoms with Crippen LogP contribution in [0.5, 0.6) is 0 Å². The van der Waals surface area contributed by atoms with E-state index in [0.717, 1.165) is 59.8 Å². The molecular weight excluding hydrogens is 406 g/mol. The molecular formula is C28H27N5. The van der Waals surface area contributed by atoms with Crippen LogP contribution in [0.25, 0.3) is 16.5 Å². The zero-order chi connectivity index (χ0) is 22.8. The topological polar surface area (TPSA) is 67.7 Å². The highest BCUT2D eigenvalue weighted by molar-refractivity contribution is 5.91. The van der Waals surface area contributed by atoms with Gasteiger partial charge in [0.15, 0.2) is 0 Å². The van der Waals surface area contributed by atoms with Crippen LogP contribution in [-0.2, 0) is 6.54 Å². The van der Waals surface area contributed by atoms with Crippen molar-refractivity contribution < 1.29 is 0 Å². The second kappa shape index (κ2) is 8.93. The number of aromatic amines is 1. The van der Waals surface area contributed by atoms with Gasteiger partial charge < -0.3 is 10.3 Å². The lowest BCUT2D eigenvalue weighted by Gasteiger charge is -2.28. The number of aryl methyl sites for hydroxylation is 2. The fourth-order valence-corrected chi connectivity index (χ4v) is 4.69. The zero-order valence-corrected chi connectivity index (χ0v) is 19.0. The van der Waals surface area contributed by atoms with Gasteiger partial charge in [-0.15, -0.1) is 0 Å². The molecule has 2 aromatic heterocycles. The van der Waals surface area contributed by atoms with E-state index in [0.29, 0.717) is 5.56 Å². The van der Waals surface area contributed by atoms with Gasteiger partial charge in [-0.25, -0.2) is 0 Å². The number of anilines is 2. The molecule has 0 spiro atoms. The van der Waals surface area contributed by atoms with Crippen molar-refractivity contribution in [2.24, 2.45) is 0 Å². The summed E-state index contributed by atoms with van der Waals surface area (Å²) in [6, 6.07) is 19.2. The Morgan fingerprint density at radius 1 is 1.12 bits per heavy atom. The third-order valence-corrected chi connectivity index (χ3v) is 6.52. The summed E-state index contributed by atoms with van der Waals surface area (Å²) in [4.78, 5) is 10.3. The van der Waals surface area contributed by atoms with E-state index in [1.807, 2.05) is 13.1 Å². The maximum atomic E-state index is 9.86. The molecule has 3 heterocycles. The van der Waals surface area contributed by atoms with Crippen molar-refractivity contribution in [1.29, 1.82) is 5.26 Å². The van der Waals surface area contributed by atoms with E-state index >= 15 is 0 Å². The van der Waals surface area contributed by atoms with Crippen molar-refractivity contribution in [3.8, 4) is 6.07 Å². The lowest BCUT2D eigenvalue weighted by molar-refractivity contribution is 0.294. The van der Waals surface area contributed by atoms with Gasteiger partial charge in [0.05, 0.1) is 11.3 Å². The molecule has 1 aliphatic heterocycles. The van der Waals surface area contributed by atoms with Crippen molar-refractivity contribution in [3.63, 3.8) is 0 Å². The minimum atomic E-state index is 0.566. The minimum absolute atomic E-state index is 0.566. The molecule has 0 bridgehead atoms. The van der Waals surface area contributed by atoms with E-state index in [2.05, 4.69) is 87.8 Å². The number of rotatable bonds is 5. The van der Waals surface area contributed by atoms with Crippen molar-refractivity contribution in [1.82, 2.24) is 14.9 Å². The number of pyridine rings is 1. The molecule has 5 heteroatoms. The van der Waals surface area contributed by atoms with Crippen molar-refractivity contribution in [2.45, 2.75) is 26.8 Å². The van der Waals surface area contributed by atoms with Gasteiger partial charge >= 0.3 is 0 Å². The molecule has 2 aromatic carbocycles. The molecule has 0 aliphatic carbocycles. The highest BCUT2D eigenvalue weighted by atomic mass is 15.1. The fraction of sp³-hybridized carbons (Fsp3) is 0.214. The molecule has 0 unspecified atom stereocenters. The summed E-state index contributed by atoms with van der Waals surface area (Å²) in [6.07, 6.45) is 6.86. The monoisotopic (exact) mass is 433 g/mol. The standard InChI is InChI=1S/C28H27N5/c1-19-24-10-13-30-26(24)9-8-25(19)32-28-23(16-29)17-31-20(2)27(28)22-11-14-33(15-12-22)18-21-6-4-3-5-7-21/h3-11,13,17,30H,12,14-15,18H2,1-2H3,(H,31,32). The number of H-pyrrole nitrogens is 1. The average Bonchev–Trinajstić information content (AvgIpc) is 3.32. The Bertz CT molecular complexity index is 1370. The molecule has 0 atom stereocenters. The van der Waals surface area contributed by atoms with E-state index in [-0.39, 0.29) is 0 Å². The van der Waals surface area contributed by atoms with Crippen LogP contribution < -0.4 is 5.32 Å². The summed E-state index contributed by atoms with van der Waals surface area (Å²) in [6.45, 7) is 6.95. The van der Waals surface area contributed by atoms with Crippen molar-refractivity contribution in [2.75, 3.05) is 18.4 Å². The smallest absolute Gasteiger partial charge is 0.103 e. The maximum Gasteiger partial charge on any atom is 0.103 e. The van der Waals surface area contributed by atoms with Crippen LogP contribution in [0.3, 0.4) is 0 Å². The zero-order valence-electron chi connectivity index (χ0n) is 19.0. The lowest BCUT2D eigenvalue weighted by atomic mass is 9.94. The van der Waals surface area contributed by atoms with Crippen LogP contribution in [0.4, 0.5) is 11.4 Å². The van der Waals surface area contributed by atoms with Gasteiger partial charge in [0.1, 0.15) is 6.07 Å².